The van der Waals surface area contributed by atoms with E-state index in [1.165, 1.54) is 63.1 Å². The molecule has 1 unspecified atom stereocenters. The SMILES string of the molecule is c1cc(NCC2CCCCN2)cc(N2CCCC2)c1. The molecule has 0 spiro atoms. The monoisotopic (exact) mass is 259 g/mol. The van der Waals surface area contributed by atoms with Gasteiger partial charge in [-0.3, -0.25) is 0 Å². The zero-order valence-electron chi connectivity index (χ0n) is 11.7. The number of piperidine rings is 1. The maximum absolute atomic E-state index is 3.59. The van der Waals surface area contributed by atoms with E-state index in [1.54, 1.807) is 0 Å². The molecule has 0 aromatic heterocycles. The average Bonchev–Trinajstić information content (AvgIpc) is 3.01. The first-order valence-corrected chi connectivity index (χ1v) is 7.74. The fraction of sp³-hybridized carbons (Fsp3) is 0.625. The summed E-state index contributed by atoms with van der Waals surface area (Å²) in [5.41, 5.74) is 2.64. The lowest BCUT2D eigenvalue weighted by Crippen LogP contribution is -2.39. The fourth-order valence-electron chi connectivity index (χ4n) is 3.13. The minimum atomic E-state index is 0.643. The van der Waals surface area contributed by atoms with Gasteiger partial charge in [-0.25, -0.2) is 0 Å². The number of hydrogen-bond acceptors (Lipinski definition) is 3. The number of benzene rings is 1. The van der Waals surface area contributed by atoms with Crippen molar-refractivity contribution >= 4 is 11.4 Å². The van der Waals surface area contributed by atoms with Crippen molar-refractivity contribution < 1.29 is 0 Å². The normalized spacial score (nSPS) is 23.6. The second kappa shape index (κ2) is 6.29. The summed E-state index contributed by atoms with van der Waals surface area (Å²) in [6.45, 7) is 4.66. The molecule has 0 saturated carbocycles. The Morgan fingerprint density at radius 3 is 2.84 bits per heavy atom. The number of rotatable bonds is 4. The Balaban J connectivity index is 1.56. The molecule has 104 valence electrons. The second-order valence-corrected chi connectivity index (χ2v) is 5.77. The Hall–Kier alpha value is -1.22. The minimum absolute atomic E-state index is 0.643. The molecular weight excluding hydrogens is 234 g/mol. The maximum Gasteiger partial charge on any atom is 0.0386 e. The summed E-state index contributed by atoms with van der Waals surface area (Å²) in [6, 6.07) is 9.53. The summed E-state index contributed by atoms with van der Waals surface area (Å²) >= 11 is 0. The highest BCUT2D eigenvalue weighted by Crippen LogP contribution is 2.23. The van der Waals surface area contributed by atoms with Crippen LogP contribution in [0.4, 0.5) is 11.4 Å². The summed E-state index contributed by atoms with van der Waals surface area (Å²) in [5, 5.41) is 7.18. The molecule has 0 aliphatic carbocycles. The van der Waals surface area contributed by atoms with Gasteiger partial charge in [-0.1, -0.05) is 12.5 Å². The van der Waals surface area contributed by atoms with E-state index in [1.807, 2.05) is 0 Å². The molecule has 2 N–H and O–H groups in total. The van der Waals surface area contributed by atoms with Crippen molar-refractivity contribution in [3.8, 4) is 0 Å². The molecule has 3 heteroatoms. The van der Waals surface area contributed by atoms with Crippen LogP contribution < -0.4 is 15.5 Å². The van der Waals surface area contributed by atoms with Crippen LogP contribution in [0.25, 0.3) is 0 Å². The molecule has 2 fully saturated rings. The molecule has 1 aromatic carbocycles. The van der Waals surface area contributed by atoms with E-state index in [0.717, 1.165) is 6.54 Å². The largest absolute Gasteiger partial charge is 0.383 e. The smallest absolute Gasteiger partial charge is 0.0386 e. The van der Waals surface area contributed by atoms with Crippen molar-refractivity contribution in [3.05, 3.63) is 24.3 Å². The van der Waals surface area contributed by atoms with Crippen molar-refractivity contribution in [3.63, 3.8) is 0 Å². The minimum Gasteiger partial charge on any atom is -0.383 e. The molecule has 1 aromatic rings. The third kappa shape index (κ3) is 3.41. The summed E-state index contributed by atoms with van der Waals surface area (Å²) in [5.74, 6) is 0. The molecule has 3 nitrogen and oxygen atoms in total. The number of anilines is 2. The van der Waals surface area contributed by atoms with Gasteiger partial charge in [0.1, 0.15) is 0 Å². The molecule has 0 amide bonds. The zero-order valence-corrected chi connectivity index (χ0v) is 11.7. The van der Waals surface area contributed by atoms with Crippen LogP contribution in [0.3, 0.4) is 0 Å². The first-order valence-electron chi connectivity index (χ1n) is 7.74. The average molecular weight is 259 g/mol. The number of hydrogen-bond donors (Lipinski definition) is 2. The van der Waals surface area contributed by atoms with E-state index in [9.17, 15) is 0 Å². The van der Waals surface area contributed by atoms with Gasteiger partial charge in [0, 0.05) is 37.1 Å². The van der Waals surface area contributed by atoms with Crippen LogP contribution in [0.5, 0.6) is 0 Å². The molecule has 3 rings (SSSR count). The van der Waals surface area contributed by atoms with Crippen LogP contribution in [0.2, 0.25) is 0 Å². The standard InChI is InChI=1S/C16H25N3/c1-2-9-17-15(6-1)13-18-14-7-5-8-16(12-14)19-10-3-4-11-19/h5,7-8,12,15,17-18H,1-4,6,9-11,13H2. The van der Waals surface area contributed by atoms with Gasteiger partial charge in [0.2, 0.25) is 0 Å². The highest BCUT2D eigenvalue weighted by atomic mass is 15.1. The Labute approximate surface area is 116 Å². The van der Waals surface area contributed by atoms with Gasteiger partial charge in [-0.05, 0) is 50.4 Å². The molecule has 19 heavy (non-hydrogen) atoms. The number of nitrogens with one attached hydrogen (secondary N) is 2. The van der Waals surface area contributed by atoms with E-state index in [-0.39, 0.29) is 0 Å². The van der Waals surface area contributed by atoms with Gasteiger partial charge in [0.05, 0.1) is 0 Å². The van der Waals surface area contributed by atoms with Crippen molar-refractivity contribution in [1.82, 2.24) is 5.32 Å². The molecule has 0 radical (unpaired) electrons. The summed E-state index contributed by atoms with van der Waals surface area (Å²) in [6.07, 6.45) is 6.68. The predicted octanol–water partition coefficient (Wildman–Crippen LogP) is 2.84. The Bertz CT molecular complexity index is 393. The summed E-state index contributed by atoms with van der Waals surface area (Å²) in [4.78, 5) is 2.49. The molecule has 2 saturated heterocycles. The van der Waals surface area contributed by atoms with Gasteiger partial charge in [0.25, 0.3) is 0 Å². The van der Waals surface area contributed by atoms with Gasteiger partial charge in [-0.2, -0.15) is 0 Å². The van der Waals surface area contributed by atoms with Crippen molar-refractivity contribution in [1.29, 1.82) is 0 Å². The third-order valence-electron chi connectivity index (χ3n) is 4.28. The first-order chi connectivity index (χ1) is 9.42. The van der Waals surface area contributed by atoms with Crippen LogP contribution in [0.1, 0.15) is 32.1 Å². The van der Waals surface area contributed by atoms with Crippen LogP contribution in [0.15, 0.2) is 24.3 Å². The van der Waals surface area contributed by atoms with E-state index < -0.39 is 0 Å². The topological polar surface area (TPSA) is 27.3 Å². The van der Waals surface area contributed by atoms with E-state index >= 15 is 0 Å². The number of nitrogens with zero attached hydrogens (tertiary/aromatic N) is 1. The quantitative estimate of drug-likeness (QED) is 0.870. The first kappa shape index (κ1) is 12.8. The van der Waals surface area contributed by atoms with Crippen LogP contribution >= 0.6 is 0 Å². The van der Waals surface area contributed by atoms with Crippen molar-refractivity contribution in [2.45, 2.75) is 38.1 Å². The molecular formula is C16H25N3. The van der Waals surface area contributed by atoms with Gasteiger partial charge < -0.3 is 15.5 Å². The third-order valence-corrected chi connectivity index (χ3v) is 4.28. The van der Waals surface area contributed by atoms with E-state index in [4.69, 9.17) is 0 Å². The summed E-state index contributed by atoms with van der Waals surface area (Å²) < 4.78 is 0. The second-order valence-electron chi connectivity index (χ2n) is 5.77. The van der Waals surface area contributed by atoms with Gasteiger partial charge in [0.15, 0.2) is 0 Å². The molecule has 2 aliphatic heterocycles. The van der Waals surface area contributed by atoms with Crippen molar-refractivity contribution in [2.24, 2.45) is 0 Å². The predicted molar refractivity (Wildman–Crippen MR) is 82.0 cm³/mol. The van der Waals surface area contributed by atoms with Crippen LogP contribution in [-0.4, -0.2) is 32.2 Å². The summed E-state index contributed by atoms with van der Waals surface area (Å²) in [7, 11) is 0. The molecule has 0 bridgehead atoms. The maximum atomic E-state index is 3.59. The Kier molecular flexibility index (Phi) is 4.23. The fourth-order valence-corrected chi connectivity index (χ4v) is 3.13. The molecule has 2 aliphatic rings. The Morgan fingerprint density at radius 2 is 2.05 bits per heavy atom. The highest BCUT2D eigenvalue weighted by Gasteiger charge is 2.14. The van der Waals surface area contributed by atoms with Gasteiger partial charge in [-0.15, -0.1) is 0 Å². The highest BCUT2D eigenvalue weighted by molar-refractivity contribution is 5.58. The van der Waals surface area contributed by atoms with Crippen LogP contribution in [-0.2, 0) is 0 Å². The van der Waals surface area contributed by atoms with Crippen LogP contribution in [0, 0.1) is 0 Å². The lowest BCUT2D eigenvalue weighted by Gasteiger charge is -2.24. The lowest BCUT2D eigenvalue weighted by atomic mass is 10.1. The van der Waals surface area contributed by atoms with Gasteiger partial charge >= 0.3 is 0 Å². The lowest BCUT2D eigenvalue weighted by molar-refractivity contribution is 0.414. The Morgan fingerprint density at radius 1 is 1.16 bits per heavy atom. The molecule has 1 atom stereocenters. The van der Waals surface area contributed by atoms with E-state index in [2.05, 4.69) is 39.8 Å². The molecule has 2 heterocycles. The van der Waals surface area contributed by atoms with E-state index in [0.29, 0.717) is 6.04 Å². The zero-order chi connectivity index (χ0) is 12.9. The van der Waals surface area contributed by atoms with Crippen molar-refractivity contribution in [2.75, 3.05) is 36.4 Å².